The lowest BCUT2D eigenvalue weighted by molar-refractivity contribution is 0.484. The van der Waals surface area contributed by atoms with Crippen molar-refractivity contribution in [3.63, 3.8) is 0 Å². The van der Waals surface area contributed by atoms with E-state index in [0.717, 1.165) is 25.0 Å². The molecule has 4 rings (SSSR count). The molecule has 0 saturated carbocycles. The Labute approximate surface area is 124 Å². The van der Waals surface area contributed by atoms with Crippen LogP contribution in [0.15, 0.2) is 54.6 Å². The van der Waals surface area contributed by atoms with Gasteiger partial charge in [-0.3, -0.25) is 4.57 Å². The molecule has 0 radical (unpaired) electrons. The maximum atomic E-state index is 4.97. The standard InChI is InChI=1S/C18H19N3/c1-18(11-12-19-13-18)17-20-15-9-5-6-10-16(15)21(17)14-7-3-2-4-8-14/h2-10,19H,11-13H2,1H3. The third-order valence-electron chi connectivity index (χ3n) is 4.48. The van der Waals surface area contributed by atoms with E-state index in [-0.39, 0.29) is 5.41 Å². The van der Waals surface area contributed by atoms with Crippen molar-refractivity contribution in [1.82, 2.24) is 14.9 Å². The molecule has 3 nitrogen and oxygen atoms in total. The van der Waals surface area contributed by atoms with Crippen molar-refractivity contribution < 1.29 is 0 Å². The van der Waals surface area contributed by atoms with E-state index in [2.05, 4.69) is 71.4 Å². The second-order valence-corrected chi connectivity index (χ2v) is 6.08. The first-order valence-corrected chi connectivity index (χ1v) is 7.52. The quantitative estimate of drug-likeness (QED) is 0.779. The van der Waals surface area contributed by atoms with Crippen LogP contribution in [0.3, 0.4) is 0 Å². The van der Waals surface area contributed by atoms with Crippen LogP contribution < -0.4 is 5.32 Å². The molecular weight excluding hydrogens is 258 g/mol. The van der Waals surface area contributed by atoms with Crippen LogP contribution in [0.1, 0.15) is 19.2 Å². The van der Waals surface area contributed by atoms with Gasteiger partial charge in [-0.15, -0.1) is 0 Å². The Morgan fingerprint density at radius 2 is 1.81 bits per heavy atom. The Balaban J connectivity index is 2.02. The molecule has 2 heterocycles. The average molecular weight is 277 g/mol. The predicted octanol–water partition coefficient (Wildman–Crippen LogP) is 3.28. The smallest absolute Gasteiger partial charge is 0.121 e. The van der Waals surface area contributed by atoms with Crippen molar-refractivity contribution in [1.29, 1.82) is 0 Å². The highest BCUT2D eigenvalue weighted by Gasteiger charge is 2.35. The number of hydrogen-bond acceptors (Lipinski definition) is 2. The van der Waals surface area contributed by atoms with Gasteiger partial charge >= 0.3 is 0 Å². The van der Waals surface area contributed by atoms with Gasteiger partial charge in [-0.2, -0.15) is 0 Å². The van der Waals surface area contributed by atoms with Crippen LogP contribution in [-0.2, 0) is 5.41 Å². The number of rotatable bonds is 2. The Bertz CT molecular complexity index is 768. The molecule has 21 heavy (non-hydrogen) atoms. The summed E-state index contributed by atoms with van der Waals surface area (Å²) in [5.41, 5.74) is 3.54. The van der Waals surface area contributed by atoms with E-state index in [1.165, 1.54) is 17.0 Å². The summed E-state index contributed by atoms with van der Waals surface area (Å²) in [6, 6.07) is 18.9. The van der Waals surface area contributed by atoms with Gasteiger partial charge in [0.15, 0.2) is 0 Å². The molecule has 1 unspecified atom stereocenters. The van der Waals surface area contributed by atoms with Crippen LogP contribution in [0.25, 0.3) is 16.7 Å². The van der Waals surface area contributed by atoms with Crippen LogP contribution >= 0.6 is 0 Å². The number of nitrogens with one attached hydrogen (secondary N) is 1. The third kappa shape index (κ3) is 1.96. The van der Waals surface area contributed by atoms with Crippen LogP contribution in [-0.4, -0.2) is 22.6 Å². The number of fused-ring (bicyclic) bond motifs is 1. The summed E-state index contributed by atoms with van der Waals surface area (Å²) in [6.45, 7) is 4.37. The molecule has 2 aromatic carbocycles. The fraction of sp³-hybridized carbons (Fsp3) is 0.278. The fourth-order valence-corrected chi connectivity index (χ4v) is 3.28. The third-order valence-corrected chi connectivity index (χ3v) is 4.48. The maximum absolute atomic E-state index is 4.97. The molecule has 3 aromatic rings. The zero-order valence-corrected chi connectivity index (χ0v) is 12.2. The second-order valence-electron chi connectivity index (χ2n) is 6.08. The molecule has 1 aliphatic heterocycles. The number of aromatic nitrogens is 2. The van der Waals surface area contributed by atoms with Crippen molar-refractivity contribution in [2.24, 2.45) is 0 Å². The molecule has 1 N–H and O–H groups in total. The summed E-state index contributed by atoms with van der Waals surface area (Å²) >= 11 is 0. The van der Waals surface area contributed by atoms with Crippen LogP contribution in [0.5, 0.6) is 0 Å². The Morgan fingerprint density at radius 3 is 2.57 bits per heavy atom. The summed E-state index contributed by atoms with van der Waals surface area (Å²) in [5, 5.41) is 3.48. The van der Waals surface area contributed by atoms with Crippen molar-refractivity contribution in [2.45, 2.75) is 18.8 Å². The van der Waals surface area contributed by atoms with Crippen molar-refractivity contribution in [3.8, 4) is 5.69 Å². The summed E-state index contributed by atoms with van der Waals surface area (Å²) in [7, 11) is 0. The largest absolute Gasteiger partial charge is 0.316 e. The van der Waals surface area contributed by atoms with Crippen molar-refractivity contribution in [3.05, 3.63) is 60.4 Å². The summed E-state index contributed by atoms with van der Waals surface area (Å²) < 4.78 is 2.32. The SMILES string of the molecule is CC1(c2nc3ccccc3n2-c2ccccc2)CCNC1. The normalized spacial score (nSPS) is 22.0. The van der Waals surface area contributed by atoms with Gasteiger partial charge < -0.3 is 5.32 Å². The molecule has 1 atom stereocenters. The lowest BCUT2D eigenvalue weighted by atomic mass is 9.88. The minimum Gasteiger partial charge on any atom is -0.316 e. The van der Waals surface area contributed by atoms with Gasteiger partial charge in [0.25, 0.3) is 0 Å². The molecule has 106 valence electrons. The predicted molar refractivity (Wildman–Crippen MR) is 85.9 cm³/mol. The summed E-state index contributed by atoms with van der Waals surface area (Å²) in [5.74, 6) is 1.17. The van der Waals surface area contributed by atoms with Gasteiger partial charge in [-0.1, -0.05) is 37.3 Å². The minimum absolute atomic E-state index is 0.0921. The topological polar surface area (TPSA) is 29.9 Å². The van der Waals surface area contributed by atoms with Gasteiger partial charge in [-0.25, -0.2) is 4.98 Å². The number of nitrogens with zero attached hydrogens (tertiary/aromatic N) is 2. The molecule has 1 aromatic heterocycles. The Kier molecular flexibility index (Phi) is 2.82. The monoisotopic (exact) mass is 277 g/mol. The van der Waals surface area contributed by atoms with E-state index >= 15 is 0 Å². The zero-order valence-electron chi connectivity index (χ0n) is 12.2. The fourth-order valence-electron chi connectivity index (χ4n) is 3.28. The van der Waals surface area contributed by atoms with Gasteiger partial charge in [-0.05, 0) is 37.2 Å². The lowest BCUT2D eigenvalue weighted by Crippen LogP contribution is -2.28. The summed E-state index contributed by atoms with van der Waals surface area (Å²) in [4.78, 5) is 4.97. The van der Waals surface area contributed by atoms with E-state index in [1.807, 2.05) is 0 Å². The molecule has 0 bridgehead atoms. The molecule has 1 fully saturated rings. The van der Waals surface area contributed by atoms with E-state index in [1.54, 1.807) is 0 Å². The second kappa shape index (κ2) is 4.71. The van der Waals surface area contributed by atoms with Crippen LogP contribution in [0.2, 0.25) is 0 Å². The lowest BCUT2D eigenvalue weighted by Gasteiger charge is -2.23. The molecular formula is C18H19N3. The van der Waals surface area contributed by atoms with E-state index < -0.39 is 0 Å². The van der Waals surface area contributed by atoms with Gasteiger partial charge in [0.2, 0.25) is 0 Å². The highest BCUT2D eigenvalue weighted by molar-refractivity contribution is 5.78. The number of para-hydroxylation sites is 3. The molecule has 0 aliphatic carbocycles. The number of hydrogen-bond donors (Lipinski definition) is 1. The average Bonchev–Trinajstić information content (AvgIpc) is 3.13. The molecule has 3 heteroatoms. The van der Waals surface area contributed by atoms with Crippen molar-refractivity contribution >= 4 is 11.0 Å². The number of imidazole rings is 1. The highest BCUT2D eigenvalue weighted by Crippen LogP contribution is 2.34. The molecule has 1 aliphatic rings. The minimum atomic E-state index is 0.0921. The zero-order chi connectivity index (χ0) is 14.3. The van der Waals surface area contributed by atoms with Gasteiger partial charge in [0.1, 0.15) is 5.82 Å². The Morgan fingerprint density at radius 1 is 1.05 bits per heavy atom. The first-order chi connectivity index (χ1) is 10.3. The number of benzene rings is 2. The maximum Gasteiger partial charge on any atom is 0.121 e. The molecule has 1 saturated heterocycles. The van der Waals surface area contributed by atoms with Gasteiger partial charge in [0, 0.05) is 17.6 Å². The van der Waals surface area contributed by atoms with E-state index in [9.17, 15) is 0 Å². The first-order valence-electron chi connectivity index (χ1n) is 7.52. The van der Waals surface area contributed by atoms with E-state index in [0.29, 0.717) is 0 Å². The molecule has 0 amide bonds. The Hall–Kier alpha value is -2.13. The summed E-state index contributed by atoms with van der Waals surface area (Å²) in [6.07, 6.45) is 1.13. The van der Waals surface area contributed by atoms with E-state index in [4.69, 9.17) is 4.98 Å². The van der Waals surface area contributed by atoms with Crippen LogP contribution in [0, 0.1) is 0 Å². The highest BCUT2D eigenvalue weighted by atomic mass is 15.1. The first kappa shape index (κ1) is 12.6. The van der Waals surface area contributed by atoms with Crippen molar-refractivity contribution in [2.75, 3.05) is 13.1 Å². The van der Waals surface area contributed by atoms with Gasteiger partial charge in [0.05, 0.1) is 11.0 Å². The molecule has 0 spiro atoms. The van der Waals surface area contributed by atoms with Crippen LogP contribution in [0.4, 0.5) is 0 Å².